The Hall–Kier alpha value is -2.68. The van der Waals surface area contributed by atoms with Crippen LogP contribution in [0.4, 0.5) is 0 Å². The van der Waals surface area contributed by atoms with E-state index < -0.39 is 0 Å². The highest BCUT2D eigenvalue weighted by Gasteiger charge is 2.13. The van der Waals surface area contributed by atoms with E-state index in [-0.39, 0.29) is 0 Å². The molecule has 0 atom stereocenters. The third kappa shape index (κ3) is 2.67. The van der Waals surface area contributed by atoms with Gasteiger partial charge in [0.15, 0.2) is 5.82 Å². The van der Waals surface area contributed by atoms with Gasteiger partial charge in [0.2, 0.25) is 0 Å². The number of hydrogen-bond donors (Lipinski definition) is 0. The van der Waals surface area contributed by atoms with E-state index >= 15 is 0 Å². The van der Waals surface area contributed by atoms with Crippen LogP contribution in [0.5, 0.6) is 0 Å². The van der Waals surface area contributed by atoms with Crippen LogP contribution < -0.4 is 0 Å². The van der Waals surface area contributed by atoms with Crippen molar-refractivity contribution in [3.8, 4) is 11.5 Å². The van der Waals surface area contributed by atoms with E-state index in [9.17, 15) is 0 Å². The van der Waals surface area contributed by atoms with Crippen LogP contribution in [0.2, 0.25) is 0 Å². The van der Waals surface area contributed by atoms with Crippen molar-refractivity contribution < 1.29 is 0 Å². The van der Waals surface area contributed by atoms with Crippen molar-refractivity contribution in [2.75, 3.05) is 0 Å². The minimum atomic E-state index is 0.946. The molecule has 0 fully saturated rings. The fraction of sp³-hybridized carbons (Fsp3) is 0.238. The van der Waals surface area contributed by atoms with Gasteiger partial charge in [0, 0.05) is 11.9 Å². The summed E-state index contributed by atoms with van der Waals surface area (Å²) in [7, 11) is 0. The van der Waals surface area contributed by atoms with E-state index in [1.165, 1.54) is 18.4 Å². The van der Waals surface area contributed by atoms with Crippen molar-refractivity contribution in [2.24, 2.45) is 0 Å². The molecular weight excluding hydrogens is 294 g/mol. The quantitative estimate of drug-likeness (QED) is 0.459. The second kappa shape index (κ2) is 6.44. The molecule has 0 saturated carbocycles. The number of rotatable bonds is 5. The molecule has 4 aromatic rings. The third-order valence-corrected chi connectivity index (χ3v) is 4.47. The van der Waals surface area contributed by atoms with Gasteiger partial charge in [-0.15, -0.1) is 0 Å². The van der Waals surface area contributed by atoms with Crippen LogP contribution >= 0.6 is 0 Å². The molecule has 2 aromatic heterocycles. The predicted molar refractivity (Wildman–Crippen MR) is 100.0 cm³/mol. The lowest BCUT2D eigenvalue weighted by atomic mass is 10.2. The zero-order valence-corrected chi connectivity index (χ0v) is 13.9. The zero-order valence-electron chi connectivity index (χ0n) is 13.9. The van der Waals surface area contributed by atoms with Crippen LogP contribution in [0.3, 0.4) is 0 Å². The normalized spacial score (nSPS) is 11.4. The van der Waals surface area contributed by atoms with Crippen LogP contribution in [0.25, 0.3) is 33.5 Å². The van der Waals surface area contributed by atoms with E-state index in [0.29, 0.717) is 0 Å². The summed E-state index contributed by atoms with van der Waals surface area (Å²) in [5.41, 5.74) is 4.20. The summed E-state index contributed by atoms with van der Waals surface area (Å²) in [4.78, 5) is 9.72. The van der Waals surface area contributed by atoms with Gasteiger partial charge >= 0.3 is 0 Å². The molecule has 120 valence electrons. The maximum atomic E-state index is 4.87. The minimum absolute atomic E-state index is 0.946. The molecule has 0 N–H and O–H groups in total. The summed E-state index contributed by atoms with van der Waals surface area (Å²) < 4.78 is 2.32. The van der Waals surface area contributed by atoms with Crippen LogP contribution in [0, 0.1) is 0 Å². The van der Waals surface area contributed by atoms with E-state index in [0.717, 1.165) is 40.9 Å². The Labute approximate surface area is 142 Å². The Morgan fingerprint density at radius 1 is 0.792 bits per heavy atom. The van der Waals surface area contributed by atoms with Crippen LogP contribution in [0.1, 0.15) is 26.2 Å². The first-order valence-electron chi connectivity index (χ1n) is 8.68. The SMILES string of the molecule is CCCCCn1c(-c2ccc3ccccc3n2)nc2ccccc21. The molecule has 0 spiro atoms. The molecule has 2 heterocycles. The van der Waals surface area contributed by atoms with Crippen molar-refractivity contribution in [2.45, 2.75) is 32.7 Å². The summed E-state index contributed by atoms with van der Waals surface area (Å²) >= 11 is 0. The molecule has 3 nitrogen and oxygen atoms in total. The number of unbranched alkanes of at least 4 members (excludes halogenated alkanes) is 2. The fourth-order valence-corrected chi connectivity index (χ4v) is 3.21. The summed E-state index contributed by atoms with van der Waals surface area (Å²) in [5, 5.41) is 1.16. The van der Waals surface area contributed by atoms with Crippen LogP contribution in [-0.2, 0) is 6.54 Å². The molecular formula is C21H21N3. The summed E-state index contributed by atoms with van der Waals surface area (Å²) in [5.74, 6) is 0.970. The molecule has 4 rings (SSSR count). The van der Waals surface area contributed by atoms with Crippen molar-refractivity contribution in [3.05, 3.63) is 60.7 Å². The van der Waals surface area contributed by atoms with Gasteiger partial charge in [0.1, 0.15) is 5.69 Å². The number of benzene rings is 2. The number of aryl methyl sites for hydroxylation is 1. The average Bonchev–Trinajstić information content (AvgIpc) is 3.00. The number of aromatic nitrogens is 3. The second-order valence-corrected chi connectivity index (χ2v) is 6.17. The van der Waals surface area contributed by atoms with Crippen LogP contribution in [0.15, 0.2) is 60.7 Å². The highest BCUT2D eigenvalue weighted by Crippen LogP contribution is 2.26. The van der Waals surface area contributed by atoms with Crippen molar-refractivity contribution in [3.63, 3.8) is 0 Å². The summed E-state index contributed by atoms with van der Waals surface area (Å²) in [6.45, 7) is 3.22. The van der Waals surface area contributed by atoms with Gasteiger partial charge in [-0.2, -0.15) is 0 Å². The molecule has 0 radical (unpaired) electrons. The van der Waals surface area contributed by atoms with E-state index in [1.54, 1.807) is 0 Å². The first-order chi connectivity index (χ1) is 11.9. The molecule has 0 unspecified atom stereocenters. The van der Waals surface area contributed by atoms with Crippen molar-refractivity contribution in [1.82, 2.24) is 14.5 Å². The standard InChI is InChI=1S/C21H21N3/c1-2-3-8-15-24-20-12-7-6-11-18(20)23-21(24)19-14-13-16-9-4-5-10-17(16)22-19/h4-7,9-14H,2-3,8,15H2,1H3. The topological polar surface area (TPSA) is 30.7 Å². The maximum Gasteiger partial charge on any atom is 0.159 e. The molecule has 0 aliphatic heterocycles. The number of para-hydroxylation sites is 3. The first kappa shape index (κ1) is 14.9. The Kier molecular flexibility index (Phi) is 3.99. The number of pyridine rings is 1. The third-order valence-electron chi connectivity index (χ3n) is 4.47. The molecule has 2 aromatic carbocycles. The second-order valence-electron chi connectivity index (χ2n) is 6.17. The van der Waals surface area contributed by atoms with Gasteiger partial charge < -0.3 is 4.57 Å². The molecule has 0 aliphatic carbocycles. The summed E-state index contributed by atoms with van der Waals surface area (Å²) in [6.07, 6.45) is 3.62. The monoisotopic (exact) mass is 315 g/mol. The number of imidazole rings is 1. The Balaban J connectivity index is 1.85. The molecule has 0 amide bonds. The Bertz CT molecular complexity index is 985. The molecule has 24 heavy (non-hydrogen) atoms. The maximum absolute atomic E-state index is 4.87. The number of nitrogens with zero attached hydrogens (tertiary/aromatic N) is 3. The van der Waals surface area contributed by atoms with E-state index in [4.69, 9.17) is 9.97 Å². The number of hydrogen-bond acceptors (Lipinski definition) is 2. The van der Waals surface area contributed by atoms with Gasteiger partial charge in [0.25, 0.3) is 0 Å². The lowest BCUT2D eigenvalue weighted by Gasteiger charge is -2.09. The van der Waals surface area contributed by atoms with Gasteiger partial charge in [0.05, 0.1) is 16.6 Å². The van der Waals surface area contributed by atoms with Crippen molar-refractivity contribution in [1.29, 1.82) is 0 Å². The number of fused-ring (bicyclic) bond motifs is 2. The van der Waals surface area contributed by atoms with Gasteiger partial charge in [-0.05, 0) is 30.7 Å². The van der Waals surface area contributed by atoms with Gasteiger partial charge in [-0.3, -0.25) is 0 Å². The van der Waals surface area contributed by atoms with Crippen molar-refractivity contribution >= 4 is 21.9 Å². The zero-order chi connectivity index (χ0) is 16.4. The minimum Gasteiger partial charge on any atom is -0.323 e. The molecule has 0 bridgehead atoms. The summed E-state index contributed by atoms with van der Waals surface area (Å²) in [6, 6.07) is 20.8. The van der Waals surface area contributed by atoms with E-state index in [2.05, 4.69) is 54.0 Å². The smallest absolute Gasteiger partial charge is 0.159 e. The van der Waals surface area contributed by atoms with Gasteiger partial charge in [-0.25, -0.2) is 9.97 Å². The van der Waals surface area contributed by atoms with Crippen LogP contribution in [-0.4, -0.2) is 14.5 Å². The largest absolute Gasteiger partial charge is 0.323 e. The van der Waals surface area contributed by atoms with Gasteiger partial charge in [-0.1, -0.05) is 56.2 Å². The predicted octanol–water partition coefficient (Wildman–Crippen LogP) is 5.44. The highest BCUT2D eigenvalue weighted by atomic mass is 15.1. The lowest BCUT2D eigenvalue weighted by Crippen LogP contribution is -2.02. The lowest BCUT2D eigenvalue weighted by molar-refractivity contribution is 0.617. The highest BCUT2D eigenvalue weighted by molar-refractivity contribution is 5.83. The molecule has 0 aliphatic rings. The first-order valence-corrected chi connectivity index (χ1v) is 8.68. The average molecular weight is 315 g/mol. The molecule has 3 heteroatoms. The fourth-order valence-electron chi connectivity index (χ4n) is 3.21. The van der Waals surface area contributed by atoms with E-state index in [1.807, 2.05) is 18.2 Å². The molecule has 0 saturated heterocycles. The Morgan fingerprint density at radius 2 is 1.58 bits per heavy atom. The Morgan fingerprint density at radius 3 is 2.46 bits per heavy atom.